The average molecular weight is 315 g/mol. The van der Waals surface area contributed by atoms with E-state index in [0.29, 0.717) is 17.9 Å². The van der Waals surface area contributed by atoms with Gasteiger partial charge in [-0.05, 0) is 30.8 Å². The zero-order valence-electron chi connectivity index (χ0n) is 11.1. The van der Waals surface area contributed by atoms with Gasteiger partial charge in [0.15, 0.2) is 4.77 Å². The topological polar surface area (TPSA) is 50.8 Å². The lowest BCUT2D eigenvalue weighted by Gasteiger charge is -2.09. The normalized spacial score (nSPS) is 11.4. The Hall–Kier alpha value is -1.96. The Morgan fingerprint density at radius 3 is 2.71 bits per heavy atom. The first-order valence-electron chi connectivity index (χ1n) is 6.17. The van der Waals surface area contributed by atoms with Crippen LogP contribution in [0.25, 0.3) is 11.3 Å². The molecule has 8 heteroatoms. The summed E-state index contributed by atoms with van der Waals surface area (Å²) in [6.07, 6.45) is -0.796. The minimum atomic E-state index is -4.52. The fourth-order valence-corrected chi connectivity index (χ4v) is 1.82. The van der Waals surface area contributed by atoms with Crippen molar-refractivity contribution >= 4 is 12.2 Å². The van der Waals surface area contributed by atoms with E-state index in [1.807, 2.05) is 11.9 Å². The summed E-state index contributed by atoms with van der Waals surface area (Å²) in [5.41, 5.74) is -0.438. The molecule has 0 amide bonds. The number of hydrogen-bond donors (Lipinski definition) is 1. The maximum Gasteiger partial charge on any atom is 0.431 e. The second-order valence-corrected chi connectivity index (χ2v) is 4.63. The standard InChI is InChI=1S/C13H12F3N3OS/c1-2-3-20-9-4-8(6-17-7-9)10-5-11(13(14,15)16)19-12(21)18-10/h4-7H,2-3H2,1H3,(H,18,19,21). The van der Waals surface area contributed by atoms with Crippen LogP contribution < -0.4 is 4.74 Å². The van der Waals surface area contributed by atoms with Crippen molar-refractivity contribution in [2.45, 2.75) is 19.5 Å². The van der Waals surface area contributed by atoms with Gasteiger partial charge in [-0.25, -0.2) is 4.98 Å². The molecule has 0 saturated heterocycles. The molecule has 0 fully saturated rings. The van der Waals surface area contributed by atoms with Gasteiger partial charge in [0.1, 0.15) is 11.4 Å². The monoisotopic (exact) mass is 315 g/mol. The average Bonchev–Trinajstić information content (AvgIpc) is 2.44. The molecule has 0 bridgehead atoms. The first kappa shape index (κ1) is 15.4. The summed E-state index contributed by atoms with van der Waals surface area (Å²) in [7, 11) is 0. The van der Waals surface area contributed by atoms with Gasteiger partial charge in [0, 0.05) is 11.8 Å². The molecule has 0 unspecified atom stereocenters. The molecule has 0 spiro atoms. The Balaban J connectivity index is 2.42. The zero-order valence-corrected chi connectivity index (χ0v) is 11.9. The van der Waals surface area contributed by atoms with Crippen molar-refractivity contribution in [1.82, 2.24) is 15.0 Å². The van der Waals surface area contributed by atoms with Crippen molar-refractivity contribution in [2.75, 3.05) is 6.61 Å². The van der Waals surface area contributed by atoms with Crippen LogP contribution in [0.3, 0.4) is 0 Å². The number of nitrogens with zero attached hydrogens (tertiary/aromatic N) is 2. The SMILES string of the molecule is CCCOc1cncc(-c2cc(C(F)(F)F)[nH]c(=S)n2)c1. The van der Waals surface area contributed by atoms with E-state index in [-0.39, 0.29) is 10.5 Å². The van der Waals surface area contributed by atoms with Gasteiger partial charge in [0.25, 0.3) is 0 Å². The van der Waals surface area contributed by atoms with Crippen molar-refractivity contribution in [3.05, 3.63) is 35.0 Å². The Morgan fingerprint density at radius 2 is 2.05 bits per heavy atom. The molecule has 2 heterocycles. The van der Waals surface area contributed by atoms with E-state index >= 15 is 0 Å². The lowest BCUT2D eigenvalue weighted by Crippen LogP contribution is -2.09. The van der Waals surface area contributed by atoms with Crippen LogP contribution in [-0.2, 0) is 6.18 Å². The van der Waals surface area contributed by atoms with E-state index < -0.39 is 11.9 Å². The smallest absolute Gasteiger partial charge is 0.431 e. The number of rotatable bonds is 4. The van der Waals surface area contributed by atoms with Gasteiger partial charge < -0.3 is 9.72 Å². The van der Waals surface area contributed by atoms with E-state index in [0.717, 1.165) is 12.5 Å². The molecule has 0 atom stereocenters. The van der Waals surface area contributed by atoms with Gasteiger partial charge in [0.2, 0.25) is 0 Å². The maximum absolute atomic E-state index is 12.8. The molecule has 21 heavy (non-hydrogen) atoms. The zero-order chi connectivity index (χ0) is 15.5. The summed E-state index contributed by atoms with van der Waals surface area (Å²) in [6, 6.07) is 2.48. The summed E-state index contributed by atoms with van der Waals surface area (Å²) in [5.74, 6) is 0.475. The van der Waals surface area contributed by atoms with E-state index in [9.17, 15) is 13.2 Å². The second-order valence-electron chi connectivity index (χ2n) is 4.24. The number of H-pyrrole nitrogens is 1. The quantitative estimate of drug-likeness (QED) is 0.866. The highest BCUT2D eigenvalue weighted by Crippen LogP contribution is 2.30. The van der Waals surface area contributed by atoms with Gasteiger partial charge in [-0.2, -0.15) is 13.2 Å². The molecule has 0 aliphatic rings. The molecule has 2 aromatic rings. The third-order valence-corrected chi connectivity index (χ3v) is 2.73. The van der Waals surface area contributed by atoms with Gasteiger partial charge in [-0.1, -0.05) is 6.92 Å². The lowest BCUT2D eigenvalue weighted by molar-refractivity contribution is -0.141. The summed E-state index contributed by atoms with van der Waals surface area (Å²) in [5, 5.41) is 0. The minimum absolute atomic E-state index is 0.0977. The van der Waals surface area contributed by atoms with E-state index in [1.54, 1.807) is 6.07 Å². The molecular formula is C13H12F3N3OS. The number of ether oxygens (including phenoxy) is 1. The van der Waals surface area contributed by atoms with Crippen molar-refractivity contribution in [3.8, 4) is 17.0 Å². The third-order valence-electron chi connectivity index (χ3n) is 2.53. The highest BCUT2D eigenvalue weighted by atomic mass is 32.1. The van der Waals surface area contributed by atoms with Crippen molar-refractivity contribution in [1.29, 1.82) is 0 Å². The number of aromatic nitrogens is 3. The number of aromatic amines is 1. The largest absolute Gasteiger partial charge is 0.492 e. The molecule has 1 N–H and O–H groups in total. The van der Waals surface area contributed by atoms with Crippen LogP contribution in [0.4, 0.5) is 13.2 Å². The minimum Gasteiger partial charge on any atom is -0.492 e. The fourth-order valence-electron chi connectivity index (χ4n) is 1.62. The number of halogens is 3. The Bertz CT molecular complexity index is 685. The first-order chi connectivity index (χ1) is 9.90. The summed E-state index contributed by atoms with van der Waals surface area (Å²) >= 11 is 4.74. The molecule has 2 rings (SSSR count). The van der Waals surface area contributed by atoms with E-state index in [1.165, 1.54) is 12.4 Å². The molecule has 4 nitrogen and oxygen atoms in total. The maximum atomic E-state index is 12.8. The van der Waals surface area contributed by atoms with Crippen LogP contribution in [0, 0.1) is 4.77 Å². The van der Waals surface area contributed by atoms with E-state index in [4.69, 9.17) is 17.0 Å². The van der Waals surface area contributed by atoms with E-state index in [2.05, 4.69) is 9.97 Å². The number of pyridine rings is 1. The Labute approximate surface area is 124 Å². The van der Waals surface area contributed by atoms with Gasteiger partial charge >= 0.3 is 6.18 Å². The fraction of sp³-hybridized carbons (Fsp3) is 0.308. The van der Waals surface area contributed by atoms with Crippen LogP contribution >= 0.6 is 12.2 Å². The predicted octanol–water partition coefficient (Wildman–Crippen LogP) is 4.01. The molecule has 2 aromatic heterocycles. The number of nitrogens with one attached hydrogen (secondary N) is 1. The first-order valence-corrected chi connectivity index (χ1v) is 6.57. The predicted molar refractivity (Wildman–Crippen MR) is 73.4 cm³/mol. The Kier molecular flexibility index (Phi) is 4.56. The van der Waals surface area contributed by atoms with Gasteiger partial charge in [-0.15, -0.1) is 0 Å². The molecule has 0 aliphatic heterocycles. The molecule has 0 saturated carbocycles. The summed E-state index contributed by atoms with van der Waals surface area (Å²) < 4.78 is 43.5. The lowest BCUT2D eigenvalue weighted by atomic mass is 10.2. The van der Waals surface area contributed by atoms with Crippen molar-refractivity contribution < 1.29 is 17.9 Å². The summed E-state index contributed by atoms with van der Waals surface area (Å²) in [6.45, 7) is 2.45. The van der Waals surface area contributed by atoms with Crippen LogP contribution in [0.15, 0.2) is 24.5 Å². The summed E-state index contributed by atoms with van der Waals surface area (Å²) in [4.78, 5) is 9.88. The number of hydrogen-bond acceptors (Lipinski definition) is 4. The molecule has 112 valence electrons. The van der Waals surface area contributed by atoms with Crippen LogP contribution in [0.5, 0.6) is 5.75 Å². The molecule has 0 aromatic carbocycles. The molecule has 0 aliphatic carbocycles. The molecule has 0 radical (unpaired) electrons. The number of alkyl halides is 3. The second kappa shape index (κ2) is 6.21. The van der Waals surface area contributed by atoms with Crippen LogP contribution in [0.1, 0.15) is 19.0 Å². The highest BCUT2D eigenvalue weighted by Gasteiger charge is 2.32. The Morgan fingerprint density at radius 1 is 1.29 bits per heavy atom. The highest BCUT2D eigenvalue weighted by molar-refractivity contribution is 7.71. The van der Waals surface area contributed by atoms with Gasteiger partial charge in [0.05, 0.1) is 18.5 Å². The molecular weight excluding hydrogens is 303 g/mol. The van der Waals surface area contributed by atoms with Crippen molar-refractivity contribution in [3.63, 3.8) is 0 Å². The van der Waals surface area contributed by atoms with Crippen LogP contribution in [0.2, 0.25) is 0 Å². The van der Waals surface area contributed by atoms with Crippen LogP contribution in [-0.4, -0.2) is 21.6 Å². The van der Waals surface area contributed by atoms with Crippen molar-refractivity contribution in [2.24, 2.45) is 0 Å². The third kappa shape index (κ3) is 4.01. The van der Waals surface area contributed by atoms with Gasteiger partial charge in [-0.3, -0.25) is 4.98 Å².